The first-order chi connectivity index (χ1) is 14.3. The molecular formula is C17H29N6O5Si2. The molecule has 2 heterocycles. The minimum absolute atomic E-state index is 0.0121. The third-order valence-electron chi connectivity index (χ3n) is 4.48. The predicted molar refractivity (Wildman–Crippen MR) is 112 cm³/mol. The Morgan fingerprint density at radius 1 is 1.10 bits per heavy atom. The number of aromatic nitrogens is 6. The Hall–Kier alpha value is -2.39. The Morgan fingerprint density at radius 3 is 2.47 bits per heavy atom. The number of carbonyl (C=O) groups excluding carboxylic acids is 2. The molecule has 0 amide bonds. The van der Waals surface area contributed by atoms with Crippen LogP contribution in [0.5, 0.6) is 0 Å². The molecule has 0 fully saturated rings. The zero-order chi connectivity index (χ0) is 22.1. The molecule has 0 saturated carbocycles. The van der Waals surface area contributed by atoms with Gasteiger partial charge in [0.2, 0.25) is 5.69 Å². The first kappa shape index (κ1) is 23.9. The number of hydrogen-bond acceptors (Lipinski definition) is 9. The minimum Gasteiger partial charge on any atom is -0.464 e. The van der Waals surface area contributed by atoms with Gasteiger partial charge in [-0.1, -0.05) is 10.4 Å². The molecule has 2 aromatic heterocycles. The van der Waals surface area contributed by atoms with Crippen molar-refractivity contribution < 1.29 is 23.2 Å². The average molecular weight is 454 g/mol. The Balaban J connectivity index is 1.85. The third kappa shape index (κ3) is 6.84. The lowest BCUT2D eigenvalue weighted by Crippen LogP contribution is -2.36. The highest BCUT2D eigenvalue weighted by Crippen LogP contribution is 2.19. The molecule has 0 spiro atoms. The molecule has 2 rings (SSSR count). The molecule has 11 nitrogen and oxygen atoms in total. The molecule has 0 aliphatic rings. The highest BCUT2D eigenvalue weighted by molar-refractivity contribution is 6.78. The summed E-state index contributed by atoms with van der Waals surface area (Å²) < 4.78 is 19.1. The highest BCUT2D eigenvalue weighted by atomic mass is 28.4. The van der Waals surface area contributed by atoms with Crippen LogP contribution in [0.15, 0.2) is 12.4 Å². The predicted octanol–water partition coefficient (Wildman–Crippen LogP) is 1.77. The zero-order valence-electron chi connectivity index (χ0n) is 18.1. The number of hydrogen-bond donors (Lipinski definition) is 0. The zero-order valence-corrected chi connectivity index (χ0v) is 20.1. The molecule has 0 saturated heterocycles. The number of methoxy groups -OCH3 is 2. The minimum atomic E-state index is -1.87. The molecule has 2 aromatic rings. The molecule has 1 radical (unpaired) electrons. The molecular weight excluding hydrogens is 424 g/mol. The van der Waals surface area contributed by atoms with Gasteiger partial charge >= 0.3 is 11.9 Å². The summed E-state index contributed by atoms with van der Waals surface area (Å²) in [7, 11) is -0.295. The molecule has 165 valence electrons. The van der Waals surface area contributed by atoms with Crippen LogP contribution in [0.25, 0.3) is 0 Å². The first-order valence-electron chi connectivity index (χ1n) is 9.73. The van der Waals surface area contributed by atoms with Crippen molar-refractivity contribution in [3.05, 3.63) is 23.8 Å². The van der Waals surface area contributed by atoms with E-state index in [1.54, 1.807) is 6.20 Å². The average Bonchev–Trinajstić information content (AvgIpc) is 3.36. The number of esters is 2. The smallest absolute Gasteiger partial charge is 0.361 e. The van der Waals surface area contributed by atoms with Gasteiger partial charge in [-0.05, 0) is 44.6 Å². The maximum Gasteiger partial charge on any atom is 0.361 e. The van der Waals surface area contributed by atoms with E-state index in [4.69, 9.17) is 8.85 Å². The Morgan fingerprint density at radius 2 is 1.83 bits per heavy atom. The van der Waals surface area contributed by atoms with Crippen molar-refractivity contribution in [2.45, 2.75) is 57.7 Å². The van der Waals surface area contributed by atoms with Gasteiger partial charge in [0.05, 0.1) is 20.4 Å². The first-order valence-corrected chi connectivity index (χ1v) is 15.0. The lowest BCUT2D eigenvalue weighted by molar-refractivity contribution is 0.0543. The second-order valence-corrected chi connectivity index (χ2v) is 14.2. The van der Waals surface area contributed by atoms with E-state index >= 15 is 0 Å². The summed E-state index contributed by atoms with van der Waals surface area (Å²) in [5.74, 6) is -1.39. The van der Waals surface area contributed by atoms with Crippen LogP contribution in [-0.4, -0.2) is 73.5 Å². The van der Waals surface area contributed by atoms with Gasteiger partial charge in [0.25, 0.3) is 0 Å². The molecule has 0 aromatic carbocycles. The monoisotopic (exact) mass is 453 g/mol. The maximum absolute atomic E-state index is 12.1. The summed E-state index contributed by atoms with van der Waals surface area (Å²) in [5, 5.41) is 15.5. The van der Waals surface area contributed by atoms with E-state index < -0.39 is 29.3 Å². The number of ether oxygens (including phenoxy) is 2. The van der Waals surface area contributed by atoms with Gasteiger partial charge in [0.15, 0.2) is 23.1 Å². The molecule has 0 bridgehead atoms. The van der Waals surface area contributed by atoms with E-state index in [0.29, 0.717) is 6.54 Å². The van der Waals surface area contributed by atoms with E-state index in [9.17, 15) is 9.59 Å². The molecule has 13 heteroatoms. The summed E-state index contributed by atoms with van der Waals surface area (Å²) in [4.78, 5) is 23.9. The Bertz CT molecular complexity index is 827. The topological polar surface area (TPSA) is 123 Å². The molecule has 0 atom stereocenters. The van der Waals surface area contributed by atoms with Crippen molar-refractivity contribution in [3.8, 4) is 0 Å². The van der Waals surface area contributed by atoms with E-state index in [2.05, 4.69) is 45.0 Å². The largest absolute Gasteiger partial charge is 0.464 e. The second kappa shape index (κ2) is 11.1. The van der Waals surface area contributed by atoms with Crippen LogP contribution in [0.2, 0.25) is 31.7 Å². The Kier molecular flexibility index (Phi) is 8.86. The van der Waals surface area contributed by atoms with Crippen LogP contribution < -0.4 is 0 Å². The van der Waals surface area contributed by atoms with Crippen molar-refractivity contribution >= 4 is 29.3 Å². The molecule has 0 unspecified atom stereocenters. The molecule has 30 heavy (non-hydrogen) atoms. The fourth-order valence-corrected chi connectivity index (χ4v) is 9.33. The van der Waals surface area contributed by atoms with Crippen molar-refractivity contribution in [3.63, 3.8) is 0 Å². The van der Waals surface area contributed by atoms with Gasteiger partial charge in [0, 0.05) is 19.3 Å². The van der Waals surface area contributed by atoms with E-state index in [1.165, 1.54) is 18.9 Å². The summed E-state index contributed by atoms with van der Waals surface area (Å²) >= 11 is 0. The van der Waals surface area contributed by atoms with Gasteiger partial charge in [-0.3, -0.25) is 4.68 Å². The molecule has 0 aliphatic heterocycles. The fourth-order valence-electron chi connectivity index (χ4n) is 3.07. The summed E-state index contributed by atoms with van der Waals surface area (Å²) in [6.07, 6.45) is 5.30. The summed E-state index contributed by atoms with van der Waals surface area (Å²) in [6, 6.07) is 1.94. The lowest BCUT2D eigenvalue weighted by Gasteiger charge is -2.27. The van der Waals surface area contributed by atoms with Crippen molar-refractivity contribution in [1.29, 1.82) is 0 Å². The second-order valence-electron chi connectivity index (χ2n) is 7.43. The normalized spacial score (nSPS) is 11.7. The Labute approximate surface area is 178 Å². The third-order valence-corrected chi connectivity index (χ3v) is 10.7. The van der Waals surface area contributed by atoms with Crippen LogP contribution in [0.4, 0.5) is 0 Å². The van der Waals surface area contributed by atoms with Crippen molar-refractivity contribution in [2.24, 2.45) is 0 Å². The number of carbonyl (C=O) groups is 2. The van der Waals surface area contributed by atoms with Gasteiger partial charge in [-0.15, -0.1) is 10.2 Å². The van der Waals surface area contributed by atoms with Crippen LogP contribution in [-0.2, 0) is 26.7 Å². The maximum atomic E-state index is 12.1. The number of nitrogens with zero attached hydrogens (tertiary/aromatic N) is 6. The van der Waals surface area contributed by atoms with Gasteiger partial charge in [-0.2, -0.15) is 0 Å². The van der Waals surface area contributed by atoms with E-state index in [-0.39, 0.29) is 11.4 Å². The number of rotatable bonds is 12. The number of aryl methyl sites for hydroxylation is 2. The SMILES string of the molecule is COC(=O)c1nnn(CCC[Si](C)(C)O[Si](C)CCCn2ccnn2)c1C(=O)OC. The fraction of sp³-hybridized carbons (Fsp3) is 0.647. The van der Waals surface area contributed by atoms with Crippen molar-refractivity contribution in [1.82, 2.24) is 30.0 Å². The van der Waals surface area contributed by atoms with Crippen LogP contribution in [0, 0.1) is 0 Å². The van der Waals surface area contributed by atoms with Crippen LogP contribution >= 0.6 is 0 Å². The molecule has 0 aliphatic carbocycles. The molecule has 0 N–H and O–H groups in total. The summed E-state index contributed by atoms with van der Waals surface area (Å²) in [6.45, 7) is 7.86. The highest BCUT2D eigenvalue weighted by Gasteiger charge is 2.28. The summed E-state index contributed by atoms with van der Waals surface area (Å²) in [5.41, 5.74) is -0.123. The quantitative estimate of drug-likeness (QED) is 0.349. The van der Waals surface area contributed by atoms with Crippen molar-refractivity contribution in [2.75, 3.05) is 14.2 Å². The van der Waals surface area contributed by atoms with Gasteiger partial charge < -0.3 is 13.6 Å². The van der Waals surface area contributed by atoms with E-state index in [0.717, 1.165) is 31.5 Å². The lowest BCUT2D eigenvalue weighted by atomic mass is 10.3. The van der Waals surface area contributed by atoms with Crippen LogP contribution in [0.1, 0.15) is 33.8 Å². The standard InChI is InChI=1S/C17H29N6O5Si2/c1-26-16(24)14-15(17(25)27-2)23(21-19-14)10-7-13-30(4,5)28-29(3)12-6-9-22-11-8-18-20-22/h8,11H,6-7,9-10,12-13H2,1-5H3. The van der Waals surface area contributed by atoms with Gasteiger partial charge in [-0.25, -0.2) is 14.3 Å². The van der Waals surface area contributed by atoms with Gasteiger partial charge in [0.1, 0.15) is 0 Å². The van der Waals surface area contributed by atoms with E-state index in [1.807, 2.05) is 10.9 Å². The van der Waals surface area contributed by atoms with Crippen LogP contribution in [0.3, 0.4) is 0 Å².